The number of hydrogen-bond acceptors (Lipinski definition) is 5. The van der Waals surface area contributed by atoms with E-state index in [0.717, 1.165) is 6.42 Å². The maximum Gasteiger partial charge on any atom is 0.325 e. The smallest absolute Gasteiger partial charge is 0.313 e. The normalized spacial score (nSPS) is 19.5. The van der Waals surface area contributed by atoms with E-state index in [-0.39, 0.29) is 23.1 Å². The number of aromatic amines is 2. The molecule has 1 aliphatic carbocycles. The Hall–Kier alpha value is -3.19. The highest BCUT2D eigenvalue weighted by Crippen LogP contribution is 2.47. The maximum atomic E-state index is 11.8. The van der Waals surface area contributed by atoms with Gasteiger partial charge in [-0.2, -0.15) is 5.26 Å². The Morgan fingerprint density at radius 2 is 2.19 bits per heavy atom. The largest absolute Gasteiger partial charge is 0.325 e. The molecular weight excluding hydrogens is 270 g/mol. The van der Waals surface area contributed by atoms with Gasteiger partial charge in [-0.1, -0.05) is 0 Å². The van der Waals surface area contributed by atoms with Crippen molar-refractivity contribution >= 4 is 0 Å². The summed E-state index contributed by atoms with van der Waals surface area (Å²) >= 11 is 0. The van der Waals surface area contributed by atoms with E-state index in [1.807, 2.05) is 6.07 Å². The number of H-pyrrole nitrogens is 2. The van der Waals surface area contributed by atoms with Gasteiger partial charge in [0, 0.05) is 18.0 Å². The zero-order chi connectivity index (χ0) is 15.0. The molecule has 0 aliphatic heterocycles. The van der Waals surface area contributed by atoms with Crippen molar-refractivity contribution in [2.45, 2.75) is 12.3 Å². The number of nitrogens with zero attached hydrogens (tertiary/aromatic N) is 3. The van der Waals surface area contributed by atoms with Gasteiger partial charge in [0.05, 0.1) is 5.56 Å². The lowest BCUT2D eigenvalue weighted by Gasteiger charge is -2.04. The van der Waals surface area contributed by atoms with Crippen molar-refractivity contribution in [2.24, 2.45) is 5.92 Å². The Kier molecular flexibility index (Phi) is 2.89. The van der Waals surface area contributed by atoms with Crippen LogP contribution in [0, 0.1) is 29.6 Å². The Morgan fingerprint density at radius 3 is 2.81 bits per heavy atom. The van der Waals surface area contributed by atoms with Crippen LogP contribution in [-0.2, 0) is 0 Å². The van der Waals surface area contributed by atoms with Crippen LogP contribution in [-0.4, -0.2) is 20.2 Å². The maximum absolute atomic E-state index is 11.8. The lowest BCUT2D eigenvalue weighted by atomic mass is 10.1. The Balaban J connectivity index is 2.12. The van der Waals surface area contributed by atoms with Crippen molar-refractivity contribution in [3.8, 4) is 29.7 Å². The third kappa shape index (κ3) is 2.21. The highest BCUT2D eigenvalue weighted by Gasteiger charge is 2.39. The van der Waals surface area contributed by atoms with E-state index in [1.54, 1.807) is 6.07 Å². The third-order valence-corrected chi connectivity index (χ3v) is 3.43. The van der Waals surface area contributed by atoms with Crippen LogP contribution < -0.4 is 11.2 Å². The van der Waals surface area contributed by atoms with Crippen LogP contribution in [0.5, 0.6) is 0 Å². The summed E-state index contributed by atoms with van der Waals surface area (Å²) in [6.45, 7) is 0. The molecule has 2 heterocycles. The topological polar surface area (TPSA) is 115 Å². The summed E-state index contributed by atoms with van der Waals surface area (Å²) in [6, 6.07) is 3.61. The second kappa shape index (κ2) is 4.73. The number of hydrogen-bond donors (Lipinski definition) is 2. The minimum absolute atomic E-state index is 0.0701. The van der Waals surface area contributed by atoms with Crippen LogP contribution in [0.25, 0.3) is 11.3 Å². The summed E-state index contributed by atoms with van der Waals surface area (Å²) in [6.07, 6.45) is 7.44. The number of terminal acetylenes is 1. The van der Waals surface area contributed by atoms with Crippen molar-refractivity contribution in [3.63, 3.8) is 0 Å². The van der Waals surface area contributed by atoms with E-state index in [9.17, 15) is 9.59 Å². The van der Waals surface area contributed by atoms with Gasteiger partial charge in [-0.3, -0.25) is 9.78 Å². The fraction of sp³-hybridized carbons (Fsp3) is 0.214. The number of aromatic nitrogens is 4. The fourth-order valence-corrected chi connectivity index (χ4v) is 2.23. The summed E-state index contributed by atoms with van der Waals surface area (Å²) in [7, 11) is 0. The molecule has 1 fully saturated rings. The van der Waals surface area contributed by atoms with Crippen LogP contribution in [0.4, 0.5) is 0 Å². The summed E-state index contributed by atoms with van der Waals surface area (Å²) in [5.74, 6) is 2.80. The van der Waals surface area contributed by atoms with Crippen LogP contribution in [0.1, 0.15) is 23.6 Å². The Morgan fingerprint density at radius 1 is 1.38 bits per heavy atom. The molecule has 0 saturated heterocycles. The van der Waals surface area contributed by atoms with Gasteiger partial charge in [0.15, 0.2) is 5.69 Å². The van der Waals surface area contributed by atoms with Crippen LogP contribution in [0.2, 0.25) is 0 Å². The van der Waals surface area contributed by atoms with E-state index in [2.05, 4.69) is 26.1 Å². The molecule has 7 nitrogen and oxygen atoms in total. The van der Waals surface area contributed by atoms with Gasteiger partial charge in [0.25, 0.3) is 5.56 Å². The summed E-state index contributed by atoms with van der Waals surface area (Å²) < 4.78 is 0. The molecule has 0 amide bonds. The van der Waals surface area contributed by atoms with Gasteiger partial charge in [0.1, 0.15) is 11.8 Å². The SMILES string of the molecule is C#C[C@H]1C[C@@H]1c1cc(-c2c[nH]c(=O)[nH]c2=O)nnc1C#N. The van der Waals surface area contributed by atoms with E-state index in [0.29, 0.717) is 11.3 Å². The molecule has 2 N–H and O–H groups in total. The molecule has 2 aromatic heterocycles. The quantitative estimate of drug-likeness (QED) is 0.758. The lowest BCUT2D eigenvalue weighted by molar-refractivity contribution is 0.936. The minimum atomic E-state index is -0.597. The standard InChI is InChI=1S/C14H9N5O2/c1-2-7-3-8(7)9-4-11(18-19-12(9)5-15)10-6-16-14(21)17-13(10)20/h1,4,6-8H,3H2,(H2,16,17,20,21)/t7-,8-/m0/s1. The van der Waals surface area contributed by atoms with Gasteiger partial charge in [-0.15, -0.1) is 22.5 Å². The Labute approximate surface area is 118 Å². The van der Waals surface area contributed by atoms with Crippen molar-refractivity contribution in [1.29, 1.82) is 5.26 Å². The molecule has 2 aromatic rings. The molecular formula is C14H9N5O2. The molecule has 7 heteroatoms. The molecule has 3 rings (SSSR count). The van der Waals surface area contributed by atoms with Gasteiger partial charge < -0.3 is 4.98 Å². The molecule has 1 saturated carbocycles. The van der Waals surface area contributed by atoms with Crippen molar-refractivity contribution < 1.29 is 0 Å². The zero-order valence-corrected chi connectivity index (χ0v) is 10.8. The highest BCUT2D eigenvalue weighted by atomic mass is 16.2. The summed E-state index contributed by atoms with van der Waals surface area (Å²) in [4.78, 5) is 27.3. The van der Waals surface area contributed by atoms with E-state index < -0.39 is 11.2 Å². The number of rotatable bonds is 2. The number of nitriles is 1. The van der Waals surface area contributed by atoms with E-state index in [4.69, 9.17) is 11.7 Å². The predicted molar refractivity (Wildman–Crippen MR) is 73.1 cm³/mol. The van der Waals surface area contributed by atoms with Gasteiger partial charge >= 0.3 is 5.69 Å². The van der Waals surface area contributed by atoms with Crippen molar-refractivity contribution in [3.05, 3.63) is 44.4 Å². The summed E-state index contributed by atoms with van der Waals surface area (Å²) in [5, 5.41) is 16.8. The van der Waals surface area contributed by atoms with Crippen molar-refractivity contribution in [2.75, 3.05) is 0 Å². The molecule has 0 bridgehead atoms. The first-order chi connectivity index (χ1) is 10.1. The molecule has 0 unspecified atom stereocenters. The molecule has 0 aromatic carbocycles. The highest BCUT2D eigenvalue weighted by molar-refractivity contribution is 5.58. The van der Waals surface area contributed by atoms with E-state index >= 15 is 0 Å². The van der Waals surface area contributed by atoms with E-state index in [1.165, 1.54) is 6.20 Å². The molecule has 1 aliphatic rings. The molecule has 102 valence electrons. The average Bonchev–Trinajstić information content (AvgIpc) is 3.26. The van der Waals surface area contributed by atoms with Crippen LogP contribution in [0.3, 0.4) is 0 Å². The first-order valence-electron chi connectivity index (χ1n) is 6.20. The van der Waals surface area contributed by atoms with Gasteiger partial charge in [0.2, 0.25) is 0 Å². The first kappa shape index (κ1) is 12.8. The second-order valence-corrected chi connectivity index (χ2v) is 4.75. The molecule has 0 radical (unpaired) electrons. The molecule has 21 heavy (non-hydrogen) atoms. The zero-order valence-electron chi connectivity index (χ0n) is 10.8. The van der Waals surface area contributed by atoms with Crippen molar-refractivity contribution in [1.82, 2.24) is 20.2 Å². The van der Waals surface area contributed by atoms with Crippen LogP contribution >= 0.6 is 0 Å². The minimum Gasteiger partial charge on any atom is -0.313 e. The van der Waals surface area contributed by atoms with Crippen LogP contribution in [0.15, 0.2) is 21.9 Å². The Bertz CT molecular complexity index is 912. The molecule has 2 atom stereocenters. The predicted octanol–water partition coefficient (Wildman–Crippen LogP) is 0.129. The molecule has 0 spiro atoms. The van der Waals surface area contributed by atoms with Gasteiger partial charge in [-0.05, 0) is 18.1 Å². The summed E-state index contributed by atoms with van der Waals surface area (Å²) in [5.41, 5.74) is 0.224. The average molecular weight is 279 g/mol. The fourth-order valence-electron chi connectivity index (χ4n) is 2.23. The second-order valence-electron chi connectivity index (χ2n) is 4.75. The first-order valence-corrected chi connectivity index (χ1v) is 6.20. The van der Waals surface area contributed by atoms with Gasteiger partial charge in [-0.25, -0.2) is 4.79 Å². The monoisotopic (exact) mass is 279 g/mol. The third-order valence-electron chi connectivity index (χ3n) is 3.43. The lowest BCUT2D eigenvalue weighted by Crippen LogP contribution is -2.23. The number of nitrogens with one attached hydrogen (secondary N) is 2.